The number of benzene rings is 1. The van der Waals surface area contributed by atoms with Crippen molar-refractivity contribution in [3.05, 3.63) is 29.6 Å². The Morgan fingerprint density at radius 2 is 2.21 bits per heavy atom. The van der Waals surface area contributed by atoms with Gasteiger partial charge in [-0.3, -0.25) is 0 Å². The van der Waals surface area contributed by atoms with E-state index in [1.165, 1.54) is 37.9 Å². The van der Waals surface area contributed by atoms with Gasteiger partial charge < -0.3 is 10.2 Å². The molecule has 3 nitrogen and oxygen atoms in total. The van der Waals surface area contributed by atoms with Crippen molar-refractivity contribution in [3.8, 4) is 6.07 Å². The summed E-state index contributed by atoms with van der Waals surface area (Å²) in [7, 11) is 0. The minimum Gasteiger partial charge on any atom is -0.384 e. The van der Waals surface area contributed by atoms with Gasteiger partial charge in [0.1, 0.15) is 11.9 Å². The summed E-state index contributed by atoms with van der Waals surface area (Å²) in [4.78, 5) is 2.57. The molecule has 1 atom stereocenters. The zero-order valence-corrected chi connectivity index (χ0v) is 10.9. The van der Waals surface area contributed by atoms with Crippen LogP contribution in [0, 0.1) is 23.1 Å². The Kier molecular flexibility index (Phi) is 3.39. The van der Waals surface area contributed by atoms with Crippen LogP contribution in [0.5, 0.6) is 0 Å². The van der Waals surface area contributed by atoms with Crippen LogP contribution >= 0.6 is 0 Å². The van der Waals surface area contributed by atoms with E-state index in [9.17, 15) is 4.39 Å². The summed E-state index contributed by atoms with van der Waals surface area (Å²) in [5.74, 6) is 0.278. The van der Waals surface area contributed by atoms with Gasteiger partial charge in [0.25, 0.3) is 0 Å². The smallest absolute Gasteiger partial charge is 0.124 e. The first-order chi connectivity index (χ1) is 9.26. The molecule has 0 spiro atoms. The van der Waals surface area contributed by atoms with Crippen LogP contribution in [-0.2, 0) is 0 Å². The van der Waals surface area contributed by atoms with E-state index in [0.29, 0.717) is 11.5 Å². The molecule has 0 amide bonds. The summed E-state index contributed by atoms with van der Waals surface area (Å²) >= 11 is 0. The van der Waals surface area contributed by atoms with Crippen LogP contribution in [0.15, 0.2) is 18.2 Å². The van der Waals surface area contributed by atoms with Crippen molar-refractivity contribution < 1.29 is 4.39 Å². The van der Waals surface area contributed by atoms with Crippen LogP contribution < -0.4 is 5.32 Å². The van der Waals surface area contributed by atoms with Crippen molar-refractivity contribution in [2.75, 3.05) is 25.0 Å². The highest BCUT2D eigenvalue weighted by molar-refractivity contribution is 5.57. The number of halogens is 1. The quantitative estimate of drug-likeness (QED) is 0.903. The number of hydrogen-bond acceptors (Lipinski definition) is 3. The minimum absolute atomic E-state index is 0.358. The van der Waals surface area contributed by atoms with Gasteiger partial charge in [0, 0.05) is 19.1 Å². The van der Waals surface area contributed by atoms with Crippen molar-refractivity contribution in [2.24, 2.45) is 5.92 Å². The van der Waals surface area contributed by atoms with Gasteiger partial charge in [-0.2, -0.15) is 5.26 Å². The normalized spacial score (nSPS) is 23.3. The van der Waals surface area contributed by atoms with Crippen molar-refractivity contribution in [1.29, 1.82) is 5.26 Å². The molecule has 1 aliphatic carbocycles. The van der Waals surface area contributed by atoms with Gasteiger partial charge in [0.05, 0.1) is 11.3 Å². The molecule has 100 valence electrons. The molecule has 1 saturated carbocycles. The molecule has 1 heterocycles. The van der Waals surface area contributed by atoms with E-state index in [0.717, 1.165) is 24.8 Å². The topological polar surface area (TPSA) is 39.1 Å². The molecule has 1 aromatic carbocycles. The summed E-state index contributed by atoms with van der Waals surface area (Å²) < 4.78 is 13.0. The standard InChI is InChI=1S/C15H18FN3/c16-13-1-4-15(12(7-13)8-17)18-9-11-5-6-19(10-11)14-2-3-14/h1,4,7,11,14,18H,2-3,5-6,9-10H2. The Labute approximate surface area is 113 Å². The average Bonchev–Trinajstić information content (AvgIpc) is 3.17. The lowest BCUT2D eigenvalue weighted by atomic mass is 10.1. The number of anilines is 1. The molecule has 2 fully saturated rings. The molecule has 4 heteroatoms. The number of hydrogen-bond donors (Lipinski definition) is 1. The summed E-state index contributed by atoms with van der Waals surface area (Å²) in [6.07, 6.45) is 3.93. The zero-order valence-electron chi connectivity index (χ0n) is 10.9. The number of nitrogens with zero attached hydrogens (tertiary/aromatic N) is 2. The van der Waals surface area contributed by atoms with E-state index in [-0.39, 0.29) is 5.82 Å². The van der Waals surface area contributed by atoms with E-state index in [2.05, 4.69) is 10.2 Å². The molecule has 0 bridgehead atoms. The monoisotopic (exact) mass is 259 g/mol. The Morgan fingerprint density at radius 3 is 2.95 bits per heavy atom. The summed E-state index contributed by atoms with van der Waals surface area (Å²) in [5.41, 5.74) is 1.13. The fourth-order valence-electron chi connectivity index (χ4n) is 2.82. The van der Waals surface area contributed by atoms with Gasteiger partial charge in [-0.15, -0.1) is 0 Å². The van der Waals surface area contributed by atoms with Crippen LogP contribution in [-0.4, -0.2) is 30.6 Å². The highest BCUT2D eigenvalue weighted by Gasteiger charge is 2.34. The predicted octanol–water partition coefficient (Wildman–Crippen LogP) is 2.59. The van der Waals surface area contributed by atoms with Gasteiger partial charge in [-0.25, -0.2) is 4.39 Å². The second-order valence-corrected chi connectivity index (χ2v) is 5.56. The molecule has 3 rings (SSSR count). The fourth-order valence-corrected chi connectivity index (χ4v) is 2.82. The lowest BCUT2D eigenvalue weighted by Gasteiger charge is -2.16. The van der Waals surface area contributed by atoms with Gasteiger partial charge in [-0.1, -0.05) is 0 Å². The molecule has 1 aliphatic heterocycles. The molecule has 1 N–H and O–H groups in total. The van der Waals surface area contributed by atoms with Gasteiger partial charge in [-0.05, 0) is 49.9 Å². The van der Waals surface area contributed by atoms with Crippen molar-refractivity contribution in [1.82, 2.24) is 4.90 Å². The SMILES string of the molecule is N#Cc1cc(F)ccc1NCC1CCN(C2CC2)C1. The Hall–Kier alpha value is -1.60. The first-order valence-corrected chi connectivity index (χ1v) is 6.94. The van der Waals surface area contributed by atoms with E-state index in [1.54, 1.807) is 6.07 Å². The summed E-state index contributed by atoms with van der Waals surface area (Å²) in [5, 5.41) is 12.3. The van der Waals surface area contributed by atoms with Crippen LogP contribution in [0.1, 0.15) is 24.8 Å². The Bertz CT molecular complexity index is 505. The van der Waals surface area contributed by atoms with Crippen LogP contribution in [0.3, 0.4) is 0 Å². The molecule has 1 aromatic rings. The van der Waals surface area contributed by atoms with E-state index in [1.807, 2.05) is 6.07 Å². The fraction of sp³-hybridized carbons (Fsp3) is 0.533. The molecule has 0 radical (unpaired) electrons. The predicted molar refractivity (Wildman–Crippen MR) is 72.3 cm³/mol. The summed E-state index contributed by atoms with van der Waals surface area (Å²) in [6.45, 7) is 3.22. The second kappa shape index (κ2) is 5.18. The molecular formula is C15H18FN3. The largest absolute Gasteiger partial charge is 0.384 e. The minimum atomic E-state index is -0.358. The number of nitrogens with one attached hydrogen (secondary N) is 1. The van der Waals surface area contributed by atoms with Crippen LogP contribution in [0.2, 0.25) is 0 Å². The van der Waals surface area contributed by atoms with Crippen molar-refractivity contribution >= 4 is 5.69 Å². The maximum absolute atomic E-state index is 13.0. The number of rotatable bonds is 4. The zero-order chi connectivity index (χ0) is 13.2. The van der Waals surface area contributed by atoms with E-state index in [4.69, 9.17) is 5.26 Å². The molecule has 19 heavy (non-hydrogen) atoms. The average molecular weight is 259 g/mol. The molecule has 1 saturated heterocycles. The number of nitriles is 1. The lowest BCUT2D eigenvalue weighted by Crippen LogP contribution is -2.24. The van der Waals surface area contributed by atoms with Gasteiger partial charge in [0.2, 0.25) is 0 Å². The van der Waals surface area contributed by atoms with Crippen LogP contribution in [0.25, 0.3) is 0 Å². The van der Waals surface area contributed by atoms with Crippen molar-refractivity contribution in [2.45, 2.75) is 25.3 Å². The van der Waals surface area contributed by atoms with Crippen molar-refractivity contribution in [3.63, 3.8) is 0 Å². The Morgan fingerprint density at radius 1 is 1.37 bits per heavy atom. The highest BCUT2D eigenvalue weighted by Crippen LogP contribution is 2.31. The first kappa shape index (κ1) is 12.4. The lowest BCUT2D eigenvalue weighted by molar-refractivity contribution is 0.316. The molecule has 1 unspecified atom stereocenters. The third-order valence-electron chi connectivity index (χ3n) is 4.06. The number of likely N-dealkylation sites (tertiary alicyclic amines) is 1. The maximum atomic E-state index is 13.0. The van der Waals surface area contributed by atoms with Crippen LogP contribution in [0.4, 0.5) is 10.1 Å². The first-order valence-electron chi connectivity index (χ1n) is 6.94. The molecular weight excluding hydrogens is 241 g/mol. The van der Waals surface area contributed by atoms with Gasteiger partial charge >= 0.3 is 0 Å². The maximum Gasteiger partial charge on any atom is 0.124 e. The third kappa shape index (κ3) is 2.87. The molecule has 0 aromatic heterocycles. The Balaban J connectivity index is 1.56. The summed E-state index contributed by atoms with van der Waals surface area (Å²) in [6, 6.07) is 7.21. The highest BCUT2D eigenvalue weighted by atomic mass is 19.1. The third-order valence-corrected chi connectivity index (χ3v) is 4.06. The van der Waals surface area contributed by atoms with Gasteiger partial charge in [0.15, 0.2) is 0 Å². The second-order valence-electron chi connectivity index (χ2n) is 5.56. The molecule has 2 aliphatic rings. The van der Waals surface area contributed by atoms with E-state index >= 15 is 0 Å². The van der Waals surface area contributed by atoms with E-state index < -0.39 is 0 Å².